The summed E-state index contributed by atoms with van der Waals surface area (Å²) in [6, 6.07) is 2.57. The van der Waals surface area contributed by atoms with E-state index in [2.05, 4.69) is 23.7 Å². The predicted molar refractivity (Wildman–Crippen MR) is 101 cm³/mol. The molecule has 0 aromatic carbocycles. The number of aromatic nitrogens is 1. The van der Waals surface area contributed by atoms with Crippen LogP contribution >= 0.6 is 0 Å². The minimum absolute atomic E-state index is 0.173. The number of carbonyl (C=O) groups is 2. The molecule has 2 aliphatic carbocycles. The molecule has 0 unspecified atom stereocenters. The first-order valence-corrected chi connectivity index (χ1v) is 9.99. The molecule has 0 bridgehead atoms. The van der Waals surface area contributed by atoms with Crippen LogP contribution in [-0.4, -0.2) is 28.6 Å². The lowest BCUT2D eigenvalue weighted by Gasteiger charge is -2.35. The molecule has 1 aromatic rings. The molecule has 26 heavy (non-hydrogen) atoms. The quantitative estimate of drug-likeness (QED) is 0.810. The number of hydrogen-bond donors (Lipinski definition) is 1. The lowest BCUT2D eigenvalue weighted by atomic mass is 9.78. The molecular weight excluding hydrogens is 328 g/mol. The van der Waals surface area contributed by atoms with E-state index in [4.69, 9.17) is 4.74 Å². The van der Waals surface area contributed by atoms with Gasteiger partial charge in [-0.15, -0.1) is 0 Å². The molecular formula is C21H32N2O3. The van der Waals surface area contributed by atoms with Crippen molar-refractivity contribution in [1.82, 2.24) is 9.88 Å². The first-order valence-electron chi connectivity index (χ1n) is 9.99. The van der Waals surface area contributed by atoms with Crippen LogP contribution in [0.3, 0.4) is 0 Å². The minimum atomic E-state index is -0.782. The summed E-state index contributed by atoms with van der Waals surface area (Å²) in [5.74, 6) is 0.464. The maximum absolute atomic E-state index is 12.6. The zero-order valence-corrected chi connectivity index (χ0v) is 16.7. The third-order valence-corrected chi connectivity index (χ3v) is 6.30. The summed E-state index contributed by atoms with van der Waals surface area (Å²) >= 11 is 0. The second-order valence-electron chi connectivity index (χ2n) is 8.32. The molecule has 5 heteroatoms. The Morgan fingerprint density at radius 1 is 1.19 bits per heavy atom. The third kappa shape index (κ3) is 3.81. The summed E-state index contributed by atoms with van der Waals surface area (Å²) in [7, 11) is 0. The van der Waals surface area contributed by atoms with Gasteiger partial charge >= 0.3 is 5.97 Å². The van der Waals surface area contributed by atoms with Crippen molar-refractivity contribution in [3.05, 3.63) is 23.0 Å². The maximum Gasteiger partial charge on any atom is 0.340 e. The van der Waals surface area contributed by atoms with Gasteiger partial charge in [0.25, 0.3) is 5.91 Å². The molecule has 0 radical (unpaired) electrons. The molecule has 5 nitrogen and oxygen atoms in total. The summed E-state index contributed by atoms with van der Waals surface area (Å²) < 4.78 is 7.70. The number of hydrogen-bond acceptors (Lipinski definition) is 3. The summed E-state index contributed by atoms with van der Waals surface area (Å²) in [6.07, 6.45) is 4.91. The number of aryl methyl sites for hydroxylation is 1. The molecule has 0 saturated heterocycles. The van der Waals surface area contributed by atoms with Gasteiger partial charge in [0, 0.05) is 23.5 Å². The molecule has 0 aliphatic heterocycles. The molecule has 1 aromatic heterocycles. The maximum atomic E-state index is 12.6. The normalized spacial score (nSPS) is 27.0. The van der Waals surface area contributed by atoms with Gasteiger partial charge in [-0.1, -0.05) is 26.7 Å². The molecule has 2 saturated carbocycles. The first kappa shape index (κ1) is 19.0. The van der Waals surface area contributed by atoms with Gasteiger partial charge in [-0.2, -0.15) is 0 Å². The Bertz CT molecular complexity index is 690. The smallest absolute Gasteiger partial charge is 0.340 e. The van der Waals surface area contributed by atoms with E-state index in [1.54, 1.807) is 6.92 Å². The van der Waals surface area contributed by atoms with Crippen LogP contribution in [0.15, 0.2) is 6.07 Å². The summed E-state index contributed by atoms with van der Waals surface area (Å²) in [5, 5.41) is 3.09. The summed E-state index contributed by atoms with van der Waals surface area (Å²) in [4.78, 5) is 25.1. The van der Waals surface area contributed by atoms with Crippen molar-refractivity contribution in [1.29, 1.82) is 0 Å². The van der Waals surface area contributed by atoms with Crippen molar-refractivity contribution in [3.63, 3.8) is 0 Å². The highest BCUT2D eigenvalue weighted by atomic mass is 16.5. The van der Waals surface area contributed by atoms with Crippen molar-refractivity contribution in [2.75, 3.05) is 0 Å². The number of amides is 1. The Kier molecular flexibility index (Phi) is 5.44. The van der Waals surface area contributed by atoms with Gasteiger partial charge in [-0.25, -0.2) is 4.79 Å². The molecule has 144 valence electrons. The highest BCUT2D eigenvalue weighted by Gasteiger charge is 2.32. The van der Waals surface area contributed by atoms with Gasteiger partial charge in [-0.05, 0) is 57.9 Å². The van der Waals surface area contributed by atoms with Gasteiger partial charge in [0.2, 0.25) is 0 Å². The van der Waals surface area contributed by atoms with Gasteiger partial charge in [0.1, 0.15) is 0 Å². The topological polar surface area (TPSA) is 60.3 Å². The van der Waals surface area contributed by atoms with Gasteiger partial charge in [-0.3, -0.25) is 4.79 Å². The average Bonchev–Trinajstić information content (AvgIpc) is 3.36. The number of esters is 1. The molecule has 1 amide bonds. The van der Waals surface area contributed by atoms with E-state index < -0.39 is 12.1 Å². The van der Waals surface area contributed by atoms with Crippen molar-refractivity contribution >= 4 is 11.9 Å². The Balaban J connectivity index is 1.60. The monoisotopic (exact) mass is 360 g/mol. The lowest BCUT2D eigenvalue weighted by molar-refractivity contribution is -0.130. The number of nitrogens with zero attached hydrogens (tertiary/aromatic N) is 1. The average molecular weight is 360 g/mol. The van der Waals surface area contributed by atoms with Crippen LogP contribution in [0.4, 0.5) is 0 Å². The van der Waals surface area contributed by atoms with Crippen molar-refractivity contribution in [3.8, 4) is 0 Å². The lowest BCUT2D eigenvalue weighted by Crippen LogP contribution is -2.47. The number of carbonyl (C=O) groups excluding carboxylic acids is 2. The van der Waals surface area contributed by atoms with Gasteiger partial charge < -0.3 is 14.6 Å². The van der Waals surface area contributed by atoms with Crippen molar-refractivity contribution < 1.29 is 14.3 Å². The highest BCUT2D eigenvalue weighted by Crippen LogP contribution is 2.38. The summed E-state index contributed by atoms with van der Waals surface area (Å²) in [6.45, 7) is 10.1. The van der Waals surface area contributed by atoms with Crippen molar-refractivity contribution in [2.24, 2.45) is 11.8 Å². The molecule has 2 fully saturated rings. The Morgan fingerprint density at radius 2 is 1.88 bits per heavy atom. The fraction of sp³-hybridized carbons (Fsp3) is 0.714. The second-order valence-corrected chi connectivity index (χ2v) is 8.32. The Hall–Kier alpha value is -1.78. The number of nitrogens with one attached hydrogen (secondary N) is 1. The van der Waals surface area contributed by atoms with Crippen LogP contribution < -0.4 is 5.32 Å². The molecule has 0 spiro atoms. The standard InChI is InChI=1S/C21H32N2O3/c1-12-7-6-8-19(14(12)3)22-20(24)16(5)26-21(25)18-11-13(2)23(15(18)4)17-9-10-17/h11-12,14,16-17,19H,6-10H2,1-5H3,(H,22,24)/t12-,14-,16-,19-/m0/s1. The molecule has 1 N–H and O–H groups in total. The van der Waals surface area contributed by atoms with E-state index >= 15 is 0 Å². The van der Waals surface area contributed by atoms with Crippen LogP contribution in [0, 0.1) is 25.7 Å². The number of rotatable bonds is 5. The first-order chi connectivity index (χ1) is 12.3. The summed E-state index contributed by atoms with van der Waals surface area (Å²) in [5.41, 5.74) is 2.60. The fourth-order valence-electron chi connectivity index (χ4n) is 4.24. The molecule has 4 atom stereocenters. The van der Waals surface area contributed by atoms with E-state index in [0.29, 0.717) is 23.4 Å². The van der Waals surface area contributed by atoms with E-state index in [9.17, 15) is 9.59 Å². The van der Waals surface area contributed by atoms with E-state index in [1.807, 2.05) is 19.9 Å². The molecule has 1 heterocycles. The SMILES string of the molecule is Cc1cc(C(=O)O[C@@H](C)C(=O)N[C@H]2CCC[C@H](C)[C@@H]2C)c(C)n1C1CC1. The Labute approximate surface area is 156 Å². The van der Waals surface area contributed by atoms with Crippen LogP contribution in [0.25, 0.3) is 0 Å². The number of ether oxygens (including phenoxy) is 1. The van der Waals surface area contributed by atoms with Crippen LogP contribution in [0.1, 0.15) is 80.7 Å². The zero-order chi connectivity index (χ0) is 19.0. The largest absolute Gasteiger partial charge is 0.449 e. The zero-order valence-electron chi connectivity index (χ0n) is 16.7. The Morgan fingerprint density at radius 3 is 2.54 bits per heavy atom. The van der Waals surface area contributed by atoms with E-state index in [0.717, 1.165) is 24.2 Å². The van der Waals surface area contributed by atoms with Crippen molar-refractivity contribution in [2.45, 2.75) is 84.9 Å². The molecule has 3 rings (SSSR count). The molecule has 2 aliphatic rings. The fourth-order valence-corrected chi connectivity index (χ4v) is 4.24. The van der Waals surface area contributed by atoms with E-state index in [-0.39, 0.29) is 11.9 Å². The highest BCUT2D eigenvalue weighted by molar-refractivity contribution is 5.93. The van der Waals surface area contributed by atoms with Crippen LogP contribution in [-0.2, 0) is 9.53 Å². The van der Waals surface area contributed by atoms with Crippen LogP contribution in [0.5, 0.6) is 0 Å². The second kappa shape index (κ2) is 7.45. The third-order valence-electron chi connectivity index (χ3n) is 6.30. The van der Waals surface area contributed by atoms with Crippen LogP contribution in [0.2, 0.25) is 0 Å². The predicted octanol–water partition coefficient (Wildman–Crippen LogP) is 3.93. The van der Waals surface area contributed by atoms with E-state index in [1.165, 1.54) is 19.3 Å². The van der Waals surface area contributed by atoms with Gasteiger partial charge in [0.15, 0.2) is 6.10 Å². The van der Waals surface area contributed by atoms with Gasteiger partial charge in [0.05, 0.1) is 5.56 Å². The minimum Gasteiger partial charge on any atom is -0.449 e.